The van der Waals surface area contributed by atoms with Gasteiger partial charge < -0.3 is 16.0 Å². The highest BCUT2D eigenvalue weighted by atomic mass is 32.1. The van der Waals surface area contributed by atoms with Gasteiger partial charge in [-0.15, -0.1) is 16.4 Å². The van der Waals surface area contributed by atoms with Crippen LogP contribution in [0.3, 0.4) is 0 Å². The van der Waals surface area contributed by atoms with Crippen molar-refractivity contribution >= 4 is 49.0 Å². The zero-order valence-electron chi connectivity index (χ0n) is 14.8. The standard InChI is InChI=1S/C18H19N7S/c1-9-10(2)22-23-18-14(9)15-16(26-18)17(24-25(15)3)19-7-11-4-5-12-13(6-11)21-8-20-12/h4-6,20-21H,7-8H2,1-3H3,(H,19,24). The van der Waals surface area contributed by atoms with E-state index in [0.717, 1.165) is 56.5 Å². The van der Waals surface area contributed by atoms with Crippen molar-refractivity contribution in [1.82, 2.24) is 20.0 Å². The van der Waals surface area contributed by atoms with Crippen LogP contribution in [-0.4, -0.2) is 26.6 Å². The maximum absolute atomic E-state index is 4.70. The summed E-state index contributed by atoms with van der Waals surface area (Å²) in [4.78, 5) is 0.965. The van der Waals surface area contributed by atoms with E-state index in [4.69, 9.17) is 5.10 Å². The predicted molar refractivity (Wildman–Crippen MR) is 107 cm³/mol. The summed E-state index contributed by atoms with van der Waals surface area (Å²) in [5.41, 5.74) is 6.79. The Balaban J connectivity index is 1.52. The maximum atomic E-state index is 4.70. The molecule has 0 fully saturated rings. The molecule has 1 aliphatic heterocycles. The topological polar surface area (TPSA) is 79.7 Å². The van der Waals surface area contributed by atoms with E-state index in [1.165, 1.54) is 11.1 Å². The molecule has 3 N–H and O–H groups in total. The van der Waals surface area contributed by atoms with Crippen molar-refractivity contribution in [3.8, 4) is 0 Å². The molecule has 5 rings (SSSR count). The molecule has 132 valence electrons. The highest BCUT2D eigenvalue weighted by molar-refractivity contribution is 7.26. The van der Waals surface area contributed by atoms with Crippen molar-refractivity contribution in [1.29, 1.82) is 0 Å². The van der Waals surface area contributed by atoms with E-state index in [0.29, 0.717) is 0 Å². The second kappa shape index (κ2) is 5.57. The van der Waals surface area contributed by atoms with E-state index >= 15 is 0 Å². The molecule has 0 bridgehead atoms. The van der Waals surface area contributed by atoms with Crippen LogP contribution in [0.15, 0.2) is 18.2 Å². The SMILES string of the molecule is Cc1nnc2sc3c(NCc4ccc5c(c4)NCN5)nn(C)c3c2c1C. The summed E-state index contributed by atoms with van der Waals surface area (Å²) in [6.45, 7) is 5.61. The largest absolute Gasteiger partial charge is 0.366 e. The normalized spacial score (nSPS) is 13.0. The molecule has 1 aromatic carbocycles. The van der Waals surface area contributed by atoms with Crippen LogP contribution in [0.5, 0.6) is 0 Å². The minimum absolute atomic E-state index is 0.721. The fourth-order valence-corrected chi connectivity index (χ4v) is 4.62. The van der Waals surface area contributed by atoms with Gasteiger partial charge in [0.15, 0.2) is 5.82 Å². The number of fused-ring (bicyclic) bond motifs is 4. The van der Waals surface area contributed by atoms with Crippen LogP contribution in [0, 0.1) is 13.8 Å². The number of aromatic nitrogens is 4. The lowest BCUT2D eigenvalue weighted by molar-refractivity contribution is 0.798. The molecule has 1 aliphatic rings. The monoisotopic (exact) mass is 365 g/mol. The number of rotatable bonds is 3. The Hall–Kier alpha value is -2.87. The van der Waals surface area contributed by atoms with E-state index in [1.807, 2.05) is 18.7 Å². The van der Waals surface area contributed by atoms with Gasteiger partial charge in [-0.3, -0.25) is 4.68 Å². The first-order chi connectivity index (χ1) is 12.6. The fraction of sp³-hybridized carbons (Fsp3) is 0.278. The van der Waals surface area contributed by atoms with Gasteiger partial charge in [0.2, 0.25) is 0 Å². The first kappa shape index (κ1) is 15.4. The smallest absolute Gasteiger partial charge is 0.166 e. The van der Waals surface area contributed by atoms with Crippen molar-refractivity contribution in [3.05, 3.63) is 35.0 Å². The lowest BCUT2D eigenvalue weighted by Crippen LogP contribution is -2.01. The van der Waals surface area contributed by atoms with Gasteiger partial charge in [0.25, 0.3) is 0 Å². The Bertz CT molecular complexity index is 1160. The molecule has 7 nitrogen and oxygen atoms in total. The Morgan fingerprint density at radius 1 is 1.19 bits per heavy atom. The second-order valence-electron chi connectivity index (χ2n) is 6.61. The summed E-state index contributed by atoms with van der Waals surface area (Å²) >= 11 is 1.65. The summed E-state index contributed by atoms with van der Waals surface area (Å²) in [6.07, 6.45) is 0. The molecular formula is C18H19N7S. The van der Waals surface area contributed by atoms with Crippen LogP contribution in [0.2, 0.25) is 0 Å². The molecule has 0 spiro atoms. The van der Waals surface area contributed by atoms with Crippen LogP contribution in [0.25, 0.3) is 20.4 Å². The number of benzene rings is 1. The minimum atomic E-state index is 0.721. The molecule has 3 aromatic heterocycles. The van der Waals surface area contributed by atoms with E-state index in [-0.39, 0.29) is 0 Å². The average Bonchev–Trinajstić information content (AvgIpc) is 3.31. The lowest BCUT2D eigenvalue weighted by Gasteiger charge is -2.06. The van der Waals surface area contributed by atoms with Gasteiger partial charge in [-0.2, -0.15) is 10.2 Å². The summed E-state index contributed by atoms with van der Waals surface area (Å²) in [5.74, 6) is 0.897. The van der Waals surface area contributed by atoms with Crippen LogP contribution in [0.4, 0.5) is 17.2 Å². The zero-order chi connectivity index (χ0) is 17.8. The number of aryl methyl sites for hydroxylation is 3. The molecule has 0 atom stereocenters. The zero-order valence-corrected chi connectivity index (χ0v) is 15.7. The van der Waals surface area contributed by atoms with Gasteiger partial charge in [-0.1, -0.05) is 6.07 Å². The Morgan fingerprint density at radius 3 is 2.92 bits per heavy atom. The first-order valence-corrected chi connectivity index (χ1v) is 9.37. The number of anilines is 3. The highest BCUT2D eigenvalue weighted by Crippen LogP contribution is 2.38. The van der Waals surface area contributed by atoms with Gasteiger partial charge in [0.1, 0.15) is 4.83 Å². The van der Waals surface area contributed by atoms with Gasteiger partial charge in [-0.25, -0.2) is 0 Å². The molecule has 0 aliphatic carbocycles. The summed E-state index contributed by atoms with van der Waals surface area (Å²) in [5, 5.41) is 24.6. The highest BCUT2D eigenvalue weighted by Gasteiger charge is 2.19. The van der Waals surface area contributed by atoms with E-state index in [2.05, 4.69) is 51.3 Å². The predicted octanol–water partition coefficient (Wildman–Crippen LogP) is 3.60. The molecule has 4 heterocycles. The minimum Gasteiger partial charge on any atom is -0.366 e. The lowest BCUT2D eigenvalue weighted by atomic mass is 10.1. The molecule has 0 radical (unpaired) electrons. The molecule has 8 heteroatoms. The third-order valence-electron chi connectivity index (χ3n) is 4.96. The van der Waals surface area contributed by atoms with Crippen LogP contribution in [-0.2, 0) is 13.6 Å². The molecular weight excluding hydrogens is 346 g/mol. The summed E-state index contributed by atoms with van der Waals surface area (Å²) < 4.78 is 3.07. The van der Waals surface area contributed by atoms with Crippen molar-refractivity contribution < 1.29 is 0 Å². The van der Waals surface area contributed by atoms with Crippen molar-refractivity contribution in [3.63, 3.8) is 0 Å². The third kappa shape index (κ3) is 2.22. The number of hydrogen-bond donors (Lipinski definition) is 3. The fourth-order valence-electron chi connectivity index (χ4n) is 3.45. The van der Waals surface area contributed by atoms with Gasteiger partial charge >= 0.3 is 0 Å². The maximum Gasteiger partial charge on any atom is 0.166 e. The van der Waals surface area contributed by atoms with Gasteiger partial charge in [-0.05, 0) is 37.1 Å². The van der Waals surface area contributed by atoms with Crippen LogP contribution in [0.1, 0.15) is 16.8 Å². The molecule has 0 amide bonds. The van der Waals surface area contributed by atoms with Crippen molar-refractivity contribution in [2.24, 2.45) is 7.05 Å². The Labute approximate surface area is 154 Å². The number of thiophene rings is 1. The molecule has 26 heavy (non-hydrogen) atoms. The van der Waals surface area contributed by atoms with Crippen molar-refractivity contribution in [2.75, 3.05) is 22.6 Å². The number of nitrogens with zero attached hydrogens (tertiary/aromatic N) is 4. The van der Waals surface area contributed by atoms with Gasteiger partial charge in [0, 0.05) is 19.0 Å². The van der Waals surface area contributed by atoms with Gasteiger partial charge in [0.05, 0.1) is 34.0 Å². The van der Waals surface area contributed by atoms with E-state index in [9.17, 15) is 0 Å². The van der Waals surface area contributed by atoms with Crippen LogP contribution < -0.4 is 16.0 Å². The van der Waals surface area contributed by atoms with E-state index in [1.54, 1.807) is 11.3 Å². The second-order valence-corrected chi connectivity index (χ2v) is 7.61. The first-order valence-electron chi connectivity index (χ1n) is 8.55. The number of hydrogen-bond acceptors (Lipinski definition) is 7. The molecule has 4 aromatic rings. The quantitative estimate of drug-likeness (QED) is 0.515. The molecule has 0 unspecified atom stereocenters. The average molecular weight is 365 g/mol. The summed E-state index contributed by atoms with van der Waals surface area (Å²) in [7, 11) is 1.99. The summed E-state index contributed by atoms with van der Waals surface area (Å²) in [6, 6.07) is 6.42. The Kier molecular flexibility index (Phi) is 3.30. The molecule has 0 saturated heterocycles. The Morgan fingerprint density at radius 2 is 2.04 bits per heavy atom. The van der Waals surface area contributed by atoms with Crippen LogP contribution >= 0.6 is 11.3 Å². The van der Waals surface area contributed by atoms with E-state index < -0.39 is 0 Å². The number of nitrogens with one attached hydrogen (secondary N) is 3. The van der Waals surface area contributed by atoms with Crippen molar-refractivity contribution in [2.45, 2.75) is 20.4 Å². The third-order valence-corrected chi connectivity index (χ3v) is 6.03. The molecule has 0 saturated carbocycles.